The number of halogens is 3. The van der Waals surface area contributed by atoms with Crippen LogP contribution in [-0.4, -0.2) is 20.4 Å². The normalized spacial score (nSPS) is 12.6. The van der Waals surface area contributed by atoms with E-state index >= 15 is 0 Å². The Morgan fingerprint density at radius 1 is 1.05 bits per heavy atom. The van der Waals surface area contributed by atoms with Crippen LogP contribution in [0, 0.1) is 0 Å². The average molecular weight is 522 g/mol. The number of carbonyl (C=O) groups is 1. The molecule has 0 fully saturated rings. The van der Waals surface area contributed by atoms with Crippen molar-refractivity contribution in [3.8, 4) is 16.1 Å². The zero-order chi connectivity index (χ0) is 26.3. The van der Waals surface area contributed by atoms with Crippen LogP contribution in [0.5, 0.6) is 0 Å². The number of nitrogens with two attached hydrogens (primary N) is 2. The van der Waals surface area contributed by atoms with Crippen LogP contribution in [-0.2, 0) is 12.6 Å². The third-order valence-corrected chi connectivity index (χ3v) is 7.43. The molecule has 5 aromatic rings. The Labute approximate surface area is 214 Å². The Morgan fingerprint density at radius 2 is 1.81 bits per heavy atom. The molecule has 0 bridgehead atoms. The Balaban J connectivity index is 1.50. The fraction of sp³-hybridized carbons (Fsp3) is 0.148. The summed E-state index contributed by atoms with van der Waals surface area (Å²) in [5.74, 6) is -0.696. The second kappa shape index (κ2) is 9.36. The van der Waals surface area contributed by atoms with E-state index in [-0.39, 0.29) is 12.0 Å². The summed E-state index contributed by atoms with van der Waals surface area (Å²) in [7, 11) is 0. The maximum absolute atomic E-state index is 13.6. The van der Waals surface area contributed by atoms with Crippen LogP contribution in [0.2, 0.25) is 0 Å². The van der Waals surface area contributed by atoms with Gasteiger partial charge in [0.05, 0.1) is 21.5 Å². The number of anilines is 1. The highest BCUT2D eigenvalue weighted by Crippen LogP contribution is 2.38. The van der Waals surface area contributed by atoms with E-state index in [0.717, 1.165) is 28.2 Å². The van der Waals surface area contributed by atoms with Crippen LogP contribution in [0.3, 0.4) is 0 Å². The molecule has 5 rings (SSSR count). The Hall–Kier alpha value is -4.18. The molecule has 4 N–H and O–H groups in total. The zero-order valence-electron chi connectivity index (χ0n) is 19.7. The second-order valence-electron chi connectivity index (χ2n) is 8.78. The van der Waals surface area contributed by atoms with E-state index in [1.54, 1.807) is 37.6 Å². The summed E-state index contributed by atoms with van der Waals surface area (Å²) < 4.78 is 42.5. The lowest BCUT2D eigenvalue weighted by molar-refractivity contribution is -0.138. The van der Waals surface area contributed by atoms with E-state index in [4.69, 9.17) is 11.5 Å². The minimum absolute atomic E-state index is 0.176. The van der Waals surface area contributed by atoms with Gasteiger partial charge in [-0.3, -0.25) is 9.36 Å². The molecule has 37 heavy (non-hydrogen) atoms. The molecular weight excluding hydrogens is 499 g/mol. The number of thiophene rings is 1. The fourth-order valence-corrected chi connectivity index (χ4v) is 5.54. The van der Waals surface area contributed by atoms with Crippen LogP contribution in [0.15, 0.2) is 73.2 Å². The van der Waals surface area contributed by atoms with Crippen LogP contribution >= 0.6 is 11.3 Å². The predicted molar refractivity (Wildman–Crippen MR) is 139 cm³/mol. The van der Waals surface area contributed by atoms with Gasteiger partial charge in [0.15, 0.2) is 0 Å². The maximum atomic E-state index is 13.6. The highest BCUT2D eigenvalue weighted by atomic mass is 32.1. The van der Waals surface area contributed by atoms with Crippen LogP contribution in [0.4, 0.5) is 19.0 Å². The smallest absolute Gasteiger partial charge is 0.384 e. The SMILES string of the molecule is CC(Cc1cc(-n2cnc3cc(-c4ccnc(N)c4)ccc32)sc1C(N)=O)c1ccccc1C(F)(F)F. The number of hydrogen-bond acceptors (Lipinski definition) is 5. The number of imidazole rings is 1. The molecule has 0 saturated carbocycles. The van der Waals surface area contributed by atoms with Crippen LogP contribution in [0.25, 0.3) is 27.2 Å². The van der Waals surface area contributed by atoms with Crippen molar-refractivity contribution in [3.05, 3.63) is 94.8 Å². The van der Waals surface area contributed by atoms with E-state index in [9.17, 15) is 18.0 Å². The molecule has 0 radical (unpaired) electrons. The molecule has 0 aliphatic carbocycles. The van der Waals surface area contributed by atoms with Crippen molar-refractivity contribution in [2.75, 3.05) is 5.73 Å². The van der Waals surface area contributed by atoms with E-state index < -0.39 is 23.6 Å². The largest absolute Gasteiger partial charge is 0.416 e. The number of rotatable bonds is 6. The lowest BCUT2D eigenvalue weighted by Crippen LogP contribution is -2.14. The van der Waals surface area contributed by atoms with Gasteiger partial charge in [-0.2, -0.15) is 13.2 Å². The number of fused-ring (bicyclic) bond motifs is 1. The molecule has 1 atom stereocenters. The van der Waals surface area contributed by atoms with Crippen molar-refractivity contribution >= 4 is 34.1 Å². The Kier molecular flexibility index (Phi) is 6.20. The Morgan fingerprint density at radius 3 is 2.54 bits per heavy atom. The molecule has 1 amide bonds. The van der Waals surface area contributed by atoms with Crippen molar-refractivity contribution < 1.29 is 18.0 Å². The van der Waals surface area contributed by atoms with Gasteiger partial charge in [0.25, 0.3) is 5.91 Å². The van der Waals surface area contributed by atoms with E-state index in [1.807, 2.05) is 28.8 Å². The molecule has 3 aromatic heterocycles. The van der Waals surface area contributed by atoms with Crippen molar-refractivity contribution in [1.29, 1.82) is 0 Å². The van der Waals surface area contributed by atoms with E-state index in [1.165, 1.54) is 23.5 Å². The molecule has 0 aliphatic heterocycles. The number of aromatic nitrogens is 3. The number of pyridine rings is 1. The molecule has 6 nitrogen and oxygen atoms in total. The van der Waals surface area contributed by atoms with Crippen molar-refractivity contribution in [2.24, 2.45) is 5.73 Å². The molecule has 0 aliphatic rings. The molecule has 2 aromatic carbocycles. The summed E-state index contributed by atoms with van der Waals surface area (Å²) in [4.78, 5) is 21.1. The van der Waals surface area contributed by atoms with Gasteiger partial charge in [-0.15, -0.1) is 11.3 Å². The minimum atomic E-state index is -4.46. The Bertz CT molecular complexity index is 1620. The van der Waals surface area contributed by atoms with Crippen molar-refractivity contribution in [1.82, 2.24) is 14.5 Å². The summed E-state index contributed by atoms with van der Waals surface area (Å²) in [5.41, 5.74) is 14.9. The second-order valence-corrected chi connectivity index (χ2v) is 9.81. The molecule has 188 valence electrons. The van der Waals surface area contributed by atoms with Gasteiger partial charge in [0.2, 0.25) is 0 Å². The number of amides is 1. The van der Waals surface area contributed by atoms with Crippen molar-refractivity contribution in [3.63, 3.8) is 0 Å². The average Bonchev–Trinajstić information content (AvgIpc) is 3.47. The summed E-state index contributed by atoms with van der Waals surface area (Å²) >= 11 is 1.19. The summed E-state index contributed by atoms with van der Waals surface area (Å²) in [6.45, 7) is 1.71. The highest BCUT2D eigenvalue weighted by molar-refractivity contribution is 7.16. The van der Waals surface area contributed by atoms with Gasteiger partial charge in [0, 0.05) is 6.20 Å². The van der Waals surface area contributed by atoms with Gasteiger partial charge in [0.1, 0.15) is 17.1 Å². The molecule has 0 spiro atoms. The zero-order valence-corrected chi connectivity index (χ0v) is 20.5. The number of nitrogen functional groups attached to an aromatic ring is 1. The number of nitrogens with zero attached hydrogens (tertiary/aromatic N) is 3. The van der Waals surface area contributed by atoms with E-state index in [2.05, 4.69) is 9.97 Å². The lowest BCUT2D eigenvalue weighted by Gasteiger charge is -2.18. The van der Waals surface area contributed by atoms with Crippen LogP contribution < -0.4 is 11.5 Å². The predicted octanol–water partition coefficient (Wildman–Crippen LogP) is 6.20. The third-order valence-electron chi connectivity index (χ3n) is 6.24. The van der Waals surface area contributed by atoms with Gasteiger partial charge < -0.3 is 11.5 Å². The standard InChI is InChI=1S/C27H22F3N5OS/c1-15(19-4-2-3-5-20(19)27(28,29)30)10-18-13-24(37-25(18)26(32)36)35-14-34-21-11-16(6-7-22(21)35)17-8-9-33-23(31)12-17/h2-9,11-15H,10H2,1H3,(H2,31,33)(H2,32,36). The molecule has 1 unspecified atom stereocenters. The number of hydrogen-bond donors (Lipinski definition) is 2. The number of primary amides is 1. The first-order valence-electron chi connectivity index (χ1n) is 11.4. The molecule has 10 heteroatoms. The minimum Gasteiger partial charge on any atom is -0.384 e. The van der Waals surface area contributed by atoms with Gasteiger partial charge in [-0.25, -0.2) is 9.97 Å². The van der Waals surface area contributed by atoms with Gasteiger partial charge in [-0.1, -0.05) is 31.2 Å². The first kappa shape index (κ1) is 24.5. The highest BCUT2D eigenvalue weighted by Gasteiger charge is 2.34. The van der Waals surface area contributed by atoms with Crippen LogP contribution in [0.1, 0.15) is 39.2 Å². The first-order chi connectivity index (χ1) is 17.6. The molecule has 3 heterocycles. The monoisotopic (exact) mass is 521 g/mol. The molecule has 0 saturated heterocycles. The number of alkyl halides is 3. The van der Waals surface area contributed by atoms with E-state index in [0.29, 0.717) is 21.3 Å². The van der Waals surface area contributed by atoms with Gasteiger partial charge >= 0.3 is 6.18 Å². The van der Waals surface area contributed by atoms with Gasteiger partial charge in [-0.05, 0) is 71.0 Å². The summed E-state index contributed by atoms with van der Waals surface area (Å²) in [6.07, 6.45) is -0.950. The summed E-state index contributed by atoms with van der Waals surface area (Å²) in [5, 5.41) is 0.698. The maximum Gasteiger partial charge on any atom is 0.416 e. The topological polar surface area (TPSA) is 99.8 Å². The fourth-order valence-electron chi connectivity index (χ4n) is 4.51. The third kappa shape index (κ3) is 4.79. The number of benzene rings is 2. The van der Waals surface area contributed by atoms with Crippen molar-refractivity contribution in [2.45, 2.75) is 25.4 Å². The quantitative estimate of drug-likeness (QED) is 0.278. The lowest BCUT2D eigenvalue weighted by atomic mass is 9.90. The summed E-state index contributed by atoms with van der Waals surface area (Å²) in [6, 6.07) is 16.7. The first-order valence-corrected chi connectivity index (χ1v) is 12.2. The number of carbonyl (C=O) groups excluding carboxylic acids is 1. The molecular formula is C27H22F3N5OS.